The minimum atomic E-state index is -0.626. The van der Waals surface area contributed by atoms with Crippen molar-refractivity contribution in [3.8, 4) is 0 Å². The molecule has 2 aromatic rings. The molecule has 0 aromatic heterocycles. The Kier molecular flexibility index (Phi) is 4.21. The standard InChI is InChI=1S/C15H14Cl2N2O/c1-8-6-11(12(17)7-13(8)18)14(15(19)20)9-2-4-10(16)5-3-9/h2-7,14H,18H2,1H3,(H2,19,20). The Morgan fingerprint density at radius 1 is 1.15 bits per heavy atom. The van der Waals surface area contributed by atoms with E-state index in [0.29, 0.717) is 21.3 Å². The number of nitrogens with two attached hydrogens (primary N) is 2. The van der Waals surface area contributed by atoms with Crippen LogP contribution in [0.3, 0.4) is 0 Å². The van der Waals surface area contributed by atoms with Gasteiger partial charge in [-0.05, 0) is 41.8 Å². The van der Waals surface area contributed by atoms with Crippen LogP contribution in [0.25, 0.3) is 0 Å². The number of hydrogen-bond acceptors (Lipinski definition) is 2. The lowest BCUT2D eigenvalue weighted by Gasteiger charge is -2.17. The molecule has 0 bridgehead atoms. The quantitative estimate of drug-likeness (QED) is 0.852. The first kappa shape index (κ1) is 14.7. The van der Waals surface area contributed by atoms with Gasteiger partial charge in [0.05, 0.1) is 5.92 Å². The molecular formula is C15H14Cl2N2O. The maximum absolute atomic E-state index is 11.8. The van der Waals surface area contributed by atoms with Gasteiger partial charge < -0.3 is 11.5 Å². The summed E-state index contributed by atoms with van der Waals surface area (Å²) >= 11 is 12.1. The highest BCUT2D eigenvalue weighted by Gasteiger charge is 2.23. The van der Waals surface area contributed by atoms with E-state index < -0.39 is 11.8 Å². The van der Waals surface area contributed by atoms with Gasteiger partial charge in [-0.25, -0.2) is 0 Å². The van der Waals surface area contributed by atoms with Crippen molar-refractivity contribution in [1.82, 2.24) is 0 Å². The van der Waals surface area contributed by atoms with Crippen molar-refractivity contribution in [2.75, 3.05) is 5.73 Å². The molecule has 2 rings (SSSR count). The highest BCUT2D eigenvalue weighted by Crippen LogP contribution is 2.33. The van der Waals surface area contributed by atoms with Crippen molar-refractivity contribution in [3.63, 3.8) is 0 Å². The lowest BCUT2D eigenvalue weighted by molar-refractivity contribution is -0.118. The summed E-state index contributed by atoms with van der Waals surface area (Å²) in [4.78, 5) is 11.8. The van der Waals surface area contributed by atoms with Crippen molar-refractivity contribution >= 4 is 34.8 Å². The first-order valence-electron chi connectivity index (χ1n) is 6.00. The first-order valence-corrected chi connectivity index (χ1v) is 6.76. The van der Waals surface area contributed by atoms with Crippen LogP contribution in [0.15, 0.2) is 36.4 Å². The summed E-state index contributed by atoms with van der Waals surface area (Å²) in [6.07, 6.45) is 0. The fourth-order valence-electron chi connectivity index (χ4n) is 2.09. The predicted octanol–water partition coefficient (Wildman–Crippen LogP) is 3.50. The fraction of sp³-hybridized carbons (Fsp3) is 0.133. The molecule has 2 aromatic carbocycles. The molecule has 0 saturated heterocycles. The van der Waals surface area contributed by atoms with Crippen LogP contribution < -0.4 is 11.5 Å². The largest absolute Gasteiger partial charge is 0.398 e. The van der Waals surface area contributed by atoms with E-state index >= 15 is 0 Å². The van der Waals surface area contributed by atoms with Gasteiger partial charge in [0.25, 0.3) is 0 Å². The summed E-state index contributed by atoms with van der Waals surface area (Å²) in [7, 11) is 0. The van der Waals surface area contributed by atoms with Gasteiger partial charge in [0.1, 0.15) is 0 Å². The number of rotatable bonds is 3. The smallest absolute Gasteiger partial charge is 0.229 e. The van der Waals surface area contributed by atoms with Crippen LogP contribution in [-0.2, 0) is 4.79 Å². The summed E-state index contributed by atoms with van der Waals surface area (Å²) in [6.45, 7) is 1.86. The topological polar surface area (TPSA) is 69.1 Å². The molecule has 0 saturated carbocycles. The van der Waals surface area contributed by atoms with E-state index in [1.165, 1.54) is 0 Å². The summed E-state index contributed by atoms with van der Waals surface area (Å²) in [6, 6.07) is 10.4. The number of benzene rings is 2. The molecule has 0 aliphatic rings. The molecule has 0 spiro atoms. The molecule has 1 amide bonds. The van der Waals surface area contributed by atoms with Gasteiger partial charge in [-0.15, -0.1) is 0 Å². The third-order valence-electron chi connectivity index (χ3n) is 3.18. The Morgan fingerprint density at radius 3 is 2.30 bits per heavy atom. The molecule has 4 N–H and O–H groups in total. The second-order valence-corrected chi connectivity index (χ2v) is 5.46. The van der Waals surface area contributed by atoms with E-state index in [0.717, 1.165) is 11.1 Å². The molecule has 20 heavy (non-hydrogen) atoms. The summed E-state index contributed by atoms with van der Waals surface area (Å²) in [5.41, 5.74) is 14.2. The number of nitrogen functional groups attached to an aromatic ring is 1. The number of carbonyl (C=O) groups is 1. The fourth-order valence-corrected chi connectivity index (χ4v) is 2.50. The zero-order valence-corrected chi connectivity index (χ0v) is 12.4. The highest BCUT2D eigenvalue weighted by atomic mass is 35.5. The highest BCUT2D eigenvalue weighted by molar-refractivity contribution is 6.32. The van der Waals surface area contributed by atoms with Crippen LogP contribution in [0.2, 0.25) is 10.0 Å². The number of primary amides is 1. The van der Waals surface area contributed by atoms with Crippen molar-refractivity contribution in [3.05, 3.63) is 63.1 Å². The third kappa shape index (κ3) is 2.89. The molecule has 0 radical (unpaired) electrons. The first-order chi connectivity index (χ1) is 9.40. The molecule has 3 nitrogen and oxygen atoms in total. The monoisotopic (exact) mass is 308 g/mol. The van der Waals surface area contributed by atoms with Gasteiger partial charge in [0, 0.05) is 15.7 Å². The average Bonchev–Trinajstić information content (AvgIpc) is 2.38. The molecule has 0 heterocycles. The van der Waals surface area contributed by atoms with E-state index in [-0.39, 0.29) is 0 Å². The van der Waals surface area contributed by atoms with Crippen LogP contribution in [0.5, 0.6) is 0 Å². The lowest BCUT2D eigenvalue weighted by atomic mass is 9.89. The Hall–Kier alpha value is -1.71. The van der Waals surface area contributed by atoms with Crippen LogP contribution >= 0.6 is 23.2 Å². The lowest BCUT2D eigenvalue weighted by Crippen LogP contribution is -2.23. The Labute approximate surface area is 127 Å². The van der Waals surface area contributed by atoms with E-state index in [9.17, 15) is 4.79 Å². The number of hydrogen-bond donors (Lipinski definition) is 2. The molecule has 5 heteroatoms. The van der Waals surface area contributed by atoms with Gasteiger partial charge in [-0.1, -0.05) is 41.4 Å². The van der Waals surface area contributed by atoms with Crippen LogP contribution in [-0.4, -0.2) is 5.91 Å². The third-order valence-corrected chi connectivity index (χ3v) is 3.76. The predicted molar refractivity (Wildman–Crippen MR) is 83.1 cm³/mol. The van der Waals surface area contributed by atoms with E-state index in [1.54, 1.807) is 36.4 Å². The zero-order chi connectivity index (χ0) is 14.9. The number of aryl methyl sites for hydroxylation is 1. The van der Waals surface area contributed by atoms with Gasteiger partial charge >= 0.3 is 0 Å². The number of carbonyl (C=O) groups excluding carboxylic acids is 1. The summed E-state index contributed by atoms with van der Waals surface area (Å²) < 4.78 is 0. The summed E-state index contributed by atoms with van der Waals surface area (Å²) in [5, 5.41) is 1.02. The molecule has 1 atom stereocenters. The minimum absolute atomic E-state index is 0.423. The number of halogens is 2. The van der Waals surface area contributed by atoms with Gasteiger partial charge in [0.2, 0.25) is 5.91 Å². The second kappa shape index (κ2) is 5.73. The van der Waals surface area contributed by atoms with E-state index in [1.807, 2.05) is 6.92 Å². The van der Waals surface area contributed by atoms with Gasteiger partial charge in [0.15, 0.2) is 0 Å². The van der Waals surface area contributed by atoms with Crippen molar-refractivity contribution in [2.45, 2.75) is 12.8 Å². The van der Waals surface area contributed by atoms with E-state index in [2.05, 4.69) is 0 Å². The minimum Gasteiger partial charge on any atom is -0.398 e. The zero-order valence-electron chi connectivity index (χ0n) is 10.9. The maximum Gasteiger partial charge on any atom is 0.229 e. The Morgan fingerprint density at radius 2 is 1.75 bits per heavy atom. The van der Waals surface area contributed by atoms with Crippen molar-refractivity contribution in [2.24, 2.45) is 5.73 Å². The van der Waals surface area contributed by atoms with Gasteiger partial charge in [-0.2, -0.15) is 0 Å². The number of amides is 1. The molecular weight excluding hydrogens is 295 g/mol. The Bertz CT molecular complexity index is 654. The van der Waals surface area contributed by atoms with Gasteiger partial charge in [-0.3, -0.25) is 4.79 Å². The number of anilines is 1. The molecule has 0 aliphatic heterocycles. The Balaban J connectivity index is 2.57. The molecule has 1 unspecified atom stereocenters. The van der Waals surface area contributed by atoms with Crippen molar-refractivity contribution < 1.29 is 4.79 Å². The maximum atomic E-state index is 11.8. The molecule has 0 fully saturated rings. The SMILES string of the molecule is Cc1cc(C(C(N)=O)c2ccc(Cl)cc2)c(Cl)cc1N. The van der Waals surface area contributed by atoms with Crippen LogP contribution in [0.1, 0.15) is 22.6 Å². The second-order valence-electron chi connectivity index (χ2n) is 4.62. The summed E-state index contributed by atoms with van der Waals surface area (Å²) in [5.74, 6) is -1.10. The van der Waals surface area contributed by atoms with Crippen molar-refractivity contribution in [1.29, 1.82) is 0 Å². The molecule has 104 valence electrons. The average molecular weight is 309 g/mol. The van der Waals surface area contributed by atoms with E-state index in [4.69, 9.17) is 34.7 Å². The normalized spacial score (nSPS) is 12.2. The molecule has 0 aliphatic carbocycles. The van der Waals surface area contributed by atoms with Crippen LogP contribution in [0.4, 0.5) is 5.69 Å². The van der Waals surface area contributed by atoms with Crippen LogP contribution in [0, 0.1) is 6.92 Å².